The van der Waals surface area contributed by atoms with Crippen molar-refractivity contribution in [2.24, 2.45) is 0 Å². The lowest BCUT2D eigenvalue weighted by molar-refractivity contribution is 0.475. The molecule has 3 heteroatoms. The number of phenolic OH excluding ortho intramolecular Hbond substituents is 1. The van der Waals surface area contributed by atoms with E-state index in [0.29, 0.717) is 0 Å². The number of hydrogen-bond donors (Lipinski definition) is 2. The maximum absolute atomic E-state index is 9.48. The van der Waals surface area contributed by atoms with E-state index in [-0.39, 0.29) is 5.75 Å². The third-order valence-electron chi connectivity index (χ3n) is 5.30. The van der Waals surface area contributed by atoms with Crippen LogP contribution in [0, 0.1) is 0 Å². The van der Waals surface area contributed by atoms with Crippen LogP contribution in [0.2, 0.25) is 0 Å². The van der Waals surface area contributed by atoms with E-state index in [1.807, 2.05) is 18.2 Å². The standard InChI is InChI=1S/C28H22N2O/c31-26-19-15-23(16-20-26)29-22-13-17-25(18-14-22)30(24-9-2-1-3-10-24)28-12-6-8-21-7-4-5-11-27(21)28/h1-20,29,31H. The van der Waals surface area contributed by atoms with Gasteiger partial charge in [0, 0.05) is 28.1 Å². The summed E-state index contributed by atoms with van der Waals surface area (Å²) in [6.45, 7) is 0. The van der Waals surface area contributed by atoms with Crippen molar-refractivity contribution in [3.8, 4) is 5.75 Å². The van der Waals surface area contributed by atoms with Gasteiger partial charge in [0.05, 0.1) is 5.69 Å². The number of benzene rings is 5. The molecule has 0 aliphatic heterocycles. The molecule has 0 fully saturated rings. The minimum Gasteiger partial charge on any atom is -0.508 e. The van der Waals surface area contributed by atoms with Gasteiger partial charge in [0.15, 0.2) is 0 Å². The topological polar surface area (TPSA) is 35.5 Å². The van der Waals surface area contributed by atoms with Crippen LogP contribution < -0.4 is 10.2 Å². The number of fused-ring (bicyclic) bond motifs is 1. The lowest BCUT2D eigenvalue weighted by Gasteiger charge is -2.27. The molecule has 0 amide bonds. The van der Waals surface area contributed by atoms with E-state index in [1.165, 1.54) is 10.8 Å². The number of nitrogens with one attached hydrogen (secondary N) is 1. The maximum atomic E-state index is 9.48. The third-order valence-corrected chi connectivity index (χ3v) is 5.30. The summed E-state index contributed by atoms with van der Waals surface area (Å²) in [7, 11) is 0. The molecule has 0 saturated carbocycles. The molecule has 0 aliphatic carbocycles. The molecule has 0 heterocycles. The summed E-state index contributed by atoms with van der Waals surface area (Å²) in [6.07, 6.45) is 0. The molecule has 0 atom stereocenters. The van der Waals surface area contributed by atoms with Gasteiger partial charge in [-0.1, -0.05) is 54.6 Å². The molecule has 5 rings (SSSR count). The Morgan fingerprint density at radius 2 is 1.10 bits per heavy atom. The average Bonchev–Trinajstić information content (AvgIpc) is 2.83. The van der Waals surface area contributed by atoms with Crippen molar-refractivity contribution in [3.63, 3.8) is 0 Å². The molecule has 2 N–H and O–H groups in total. The lowest BCUT2D eigenvalue weighted by Crippen LogP contribution is -2.10. The Labute approximate surface area is 181 Å². The van der Waals surface area contributed by atoms with Gasteiger partial charge in [0.1, 0.15) is 5.75 Å². The second-order valence-corrected chi connectivity index (χ2v) is 7.39. The van der Waals surface area contributed by atoms with E-state index in [4.69, 9.17) is 0 Å². The van der Waals surface area contributed by atoms with Crippen molar-refractivity contribution >= 4 is 39.2 Å². The summed E-state index contributed by atoms with van der Waals surface area (Å²) in [5, 5.41) is 15.3. The molecule has 5 aromatic rings. The van der Waals surface area contributed by atoms with E-state index >= 15 is 0 Å². The molecule has 150 valence electrons. The van der Waals surface area contributed by atoms with Gasteiger partial charge in [0.2, 0.25) is 0 Å². The van der Waals surface area contributed by atoms with Gasteiger partial charge in [-0.25, -0.2) is 0 Å². The summed E-state index contributed by atoms with van der Waals surface area (Å²) < 4.78 is 0. The number of anilines is 5. The van der Waals surface area contributed by atoms with Gasteiger partial charge in [-0.15, -0.1) is 0 Å². The molecule has 0 spiro atoms. The lowest BCUT2D eigenvalue weighted by atomic mass is 10.1. The smallest absolute Gasteiger partial charge is 0.115 e. The first-order chi connectivity index (χ1) is 15.3. The largest absolute Gasteiger partial charge is 0.508 e. The summed E-state index contributed by atoms with van der Waals surface area (Å²) in [5.74, 6) is 0.259. The molecule has 31 heavy (non-hydrogen) atoms. The van der Waals surface area contributed by atoms with Crippen molar-refractivity contribution in [2.75, 3.05) is 10.2 Å². The Morgan fingerprint density at radius 1 is 0.516 bits per heavy atom. The predicted molar refractivity (Wildman–Crippen MR) is 130 cm³/mol. The minimum absolute atomic E-state index is 0.259. The van der Waals surface area contributed by atoms with E-state index in [2.05, 4.69) is 101 Å². The van der Waals surface area contributed by atoms with Crippen molar-refractivity contribution in [2.45, 2.75) is 0 Å². The number of rotatable bonds is 5. The van der Waals surface area contributed by atoms with Gasteiger partial charge < -0.3 is 15.3 Å². The number of phenols is 1. The second-order valence-electron chi connectivity index (χ2n) is 7.39. The molecule has 3 nitrogen and oxygen atoms in total. The fraction of sp³-hybridized carbons (Fsp3) is 0. The maximum Gasteiger partial charge on any atom is 0.115 e. The van der Waals surface area contributed by atoms with Gasteiger partial charge in [-0.2, -0.15) is 0 Å². The van der Waals surface area contributed by atoms with Gasteiger partial charge in [0.25, 0.3) is 0 Å². The van der Waals surface area contributed by atoms with Crippen LogP contribution in [0.1, 0.15) is 0 Å². The molecule has 0 unspecified atom stereocenters. The van der Waals surface area contributed by atoms with Crippen molar-refractivity contribution in [3.05, 3.63) is 121 Å². The number of hydrogen-bond acceptors (Lipinski definition) is 3. The van der Waals surface area contributed by atoms with E-state index in [1.54, 1.807) is 12.1 Å². The Balaban J connectivity index is 1.55. The zero-order chi connectivity index (χ0) is 21.0. The number of aromatic hydroxyl groups is 1. The predicted octanol–water partition coefficient (Wildman–Crippen LogP) is 7.76. The van der Waals surface area contributed by atoms with Gasteiger partial charge >= 0.3 is 0 Å². The van der Waals surface area contributed by atoms with Crippen LogP contribution in [0.15, 0.2) is 121 Å². The fourth-order valence-electron chi connectivity index (χ4n) is 3.81. The van der Waals surface area contributed by atoms with Crippen molar-refractivity contribution in [1.82, 2.24) is 0 Å². The minimum atomic E-state index is 0.259. The van der Waals surface area contributed by atoms with Crippen molar-refractivity contribution in [1.29, 1.82) is 0 Å². The Morgan fingerprint density at radius 3 is 1.84 bits per heavy atom. The fourth-order valence-corrected chi connectivity index (χ4v) is 3.81. The first-order valence-electron chi connectivity index (χ1n) is 10.3. The Kier molecular flexibility index (Phi) is 4.99. The molecule has 0 radical (unpaired) electrons. The van der Waals surface area contributed by atoms with Crippen LogP contribution >= 0.6 is 0 Å². The van der Waals surface area contributed by atoms with E-state index in [9.17, 15) is 5.11 Å². The van der Waals surface area contributed by atoms with Crippen LogP contribution in [-0.4, -0.2) is 5.11 Å². The van der Waals surface area contributed by atoms with E-state index in [0.717, 1.165) is 28.4 Å². The molecule has 0 saturated heterocycles. The first kappa shape index (κ1) is 18.8. The highest BCUT2D eigenvalue weighted by Crippen LogP contribution is 2.39. The van der Waals surface area contributed by atoms with Crippen LogP contribution in [0.3, 0.4) is 0 Å². The van der Waals surface area contributed by atoms with Crippen LogP contribution in [0.5, 0.6) is 5.75 Å². The number of para-hydroxylation sites is 1. The summed E-state index contributed by atoms with van der Waals surface area (Å²) in [6, 6.07) is 40.8. The molecular weight excluding hydrogens is 380 g/mol. The zero-order valence-corrected chi connectivity index (χ0v) is 16.9. The summed E-state index contributed by atoms with van der Waals surface area (Å²) >= 11 is 0. The van der Waals surface area contributed by atoms with Gasteiger partial charge in [-0.3, -0.25) is 0 Å². The van der Waals surface area contributed by atoms with Gasteiger partial charge in [-0.05, 0) is 72.1 Å². The molecule has 0 aromatic heterocycles. The highest BCUT2D eigenvalue weighted by molar-refractivity contribution is 5.98. The molecule has 0 aliphatic rings. The van der Waals surface area contributed by atoms with Crippen molar-refractivity contribution < 1.29 is 5.11 Å². The quantitative estimate of drug-likeness (QED) is 0.295. The third kappa shape index (κ3) is 3.94. The molecule has 5 aromatic carbocycles. The monoisotopic (exact) mass is 402 g/mol. The second kappa shape index (κ2) is 8.25. The molecule has 0 bridgehead atoms. The summed E-state index contributed by atoms with van der Waals surface area (Å²) in [4.78, 5) is 2.28. The number of nitrogens with zero attached hydrogens (tertiary/aromatic N) is 1. The van der Waals surface area contributed by atoms with E-state index < -0.39 is 0 Å². The molecular formula is C28H22N2O. The first-order valence-corrected chi connectivity index (χ1v) is 10.3. The van der Waals surface area contributed by atoms with Crippen LogP contribution in [0.4, 0.5) is 28.4 Å². The SMILES string of the molecule is Oc1ccc(Nc2ccc(N(c3ccccc3)c3cccc4ccccc34)cc2)cc1. The normalized spacial score (nSPS) is 10.7. The Bertz CT molecular complexity index is 1290. The highest BCUT2D eigenvalue weighted by atomic mass is 16.3. The summed E-state index contributed by atoms with van der Waals surface area (Å²) in [5.41, 5.74) is 5.25. The van der Waals surface area contributed by atoms with Crippen LogP contribution in [0.25, 0.3) is 10.8 Å². The Hall–Kier alpha value is -4.24. The zero-order valence-electron chi connectivity index (χ0n) is 16.9. The average molecular weight is 402 g/mol. The van der Waals surface area contributed by atoms with Crippen LogP contribution in [-0.2, 0) is 0 Å². The highest BCUT2D eigenvalue weighted by Gasteiger charge is 2.14.